The number of hydrogen-bond donors (Lipinski definition) is 0. The van der Waals surface area contributed by atoms with Crippen LogP contribution in [0.1, 0.15) is 25.6 Å². The van der Waals surface area contributed by atoms with Crippen LogP contribution in [0.15, 0.2) is 133 Å². The third-order valence-electron chi connectivity index (χ3n) is 6.87. The first-order valence-corrected chi connectivity index (χ1v) is 13.3. The molecule has 39 heavy (non-hydrogen) atoms. The van der Waals surface area contributed by atoms with E-state index in [1.165, 1.54) is 0 Å². The van der Waals surface area contributed by atoms with Gasteiger partial charge in [0, 0.05) is 17.0 Å². The van der Waals surface area contributed by atoms with Crippen molar-refractivity contribution < 1.29 is 0 Å². The van der Waals surface area contributed by atoms with Gasteiger partial charge in [-0.25, -0.2) is 15.0 Å². The van der Waals surface area contributed by atoms with Gasteiger partial charge in [-0.3, -0.25) is 0 Å². The largest absolute Gasteiger partial charge is 0.213 e. The monoisotopic (exact) mass is 503 g/mol. The van der Waals surface area contributed by atoms with Gasteiger partial charge in [-0.1, -0.05) is 141 Å². The van der Waals surface area contributed by atoms with E-state index >= 15 is 0 Å². The molecule has 6 aromatic rings. The second-order valence-electron chi connectivity index (χ2n) is 9.90. The van der Waals surface area contributed by atoms with Gasteiger partial charge in [-0.05, 0) is 39.4 Å². The smallest absolute Gasteiger partial charge is 0.164 e. The maximum Gasteiger partial charge on any atom is 0.164 e. The van der Waals surface area contributed by atoms with Gasteiger partial charge in [-0.15, -0.1) is 0 Å². The van der Waals surface area contributed by atoms with Gasteiger partial charge in [0.1, 0.15) is 5.82 Å². The standard InChI is InChI=1S/C36H29N3/c1-25(2)34-37-35(32-21-13-12-20-30(32)27-16-8-4-9-17-27)39-36(38-34)33-24-29(26-14-6-3-7-15-26)22-23-31(33)28-18-10-5-11-19-28/h3-25H,1-2H3. The molecule has 0 atom stereocenters. The van der Waals surface area contributed by atoms with E-state index in [0.717, 1.165) is 50.3 Å². The first-order valence-electron chi connectivity index (χ1n) is 13.3. The Hall–Kier alpha value is -4.89. The van der Waals surface area contributed by atoms with Crippen LogP contribution < -0.4 is 0 Å². The lowest BCUT2D eigenvalue weighted by molar-refractivity contribution is 0.766. The molecule has 1 aromatic heterocycles. The van der Waals surface area contributed by atoms with Crippen LogP contribution in [0.4, 0.5) is 0 Å². The van der Waals surface area contributed by atoms with E-state index in [9.17, 15) is 0 Å². The molecule has 6 rings (SSSR count). The number of hydrogen-bond acceptors (Lipinski definition) is 3. The summed E-state index contributed by atoms with van der Waals surface area (Å²) in [4.78, 5) is 15.1. The van der Waals surface area contributed by atoms with Crippen LogP contribution in [0, 0.1) is 0 Å². The van der Waals surface area contributed by atoms with Gasteiger partial charge in [0.15, 0.2) is 11.6 Å². The van der Waals surface area contributed by atoms with Crippen molar-refractivity contribution in [1.29, 1.82) is 0 Å². The molecule has 0 bridgehead atoms. The second kappa shape index (κ2) is 10.8. The van der Waals surface area contributed by atoms with E-state index in [0.29, 0.717) is 11.6 Å². The van der Waals surface area contributed by atoms with Crippen molar-refractivity contribution in [3.05, 3.63) is 139 Å². The minimum absolute atomic E-state index is 0.145. The predicted octanol–water partition coefficient (Wildman–Crippen LogP) is 9.33. The van der Waals surface area contributed by atoms with Crippen LogP contribution in [0.25, 0.3) is 56.2 Å². The van der Waals surface area contributed by atoms with Gasteiger partial charge < -0.3 is 0 Å². The van der Waals surface area contributed by atoms with Crippen LogP contribution in [0.3, 0.4) is 0 Å². The highest BCUT2D eigenvalue weighted by Gasteiger charge is 2.18. The molecule has 0 saturated carbocycles. The van der Waals surface area contributed by atoms with E-state index in [2.05, 4.69) is 123 Å². The van der Waals surface area contributed by atoms with Crippen LogP contribution in [-0.2, 0) is 0 Å². The van der Waals surface area contributed by atoms with E-state index < -0.39 is 0 Å². The molecule has 0 N–H and O–H groups in total. The molecular weight excluding hydrogens is 474 g/mol. The first kappa shape index (κ1) is 24.4. The Kier molecular flexibility index (Phi) is 6.80. The quantitative estimate of drug-likeness (QED) is 0.227. The highest BCUT2D eigenvalue weighted by atomic mass is 15.0. The highest BCUT2D eigenvalue weighted by Crippen LogP contribution is 2.36. The van der Waals surface area contributed by atoms with Crippen molar-refractivity contribution in [2.24, 2.45) is 0 Å². The lowest BCUT2D eigenvalue weighted by atomic mass is 9.94. The topological polar surface area (TPSA) is 38.7 Å². The fourth-order valence-electron chi connectivity index (χ4n) is 4.85. The number of aromatic nitrogens is 3. The van der Waals surface area contributed by atoms with Crippen molar-refractivity contribution in [2.45, 2.75) is 19.8 Å². The van der Waals surface area contributed by atoms with Gasteiger partial charge in [-0.2, -0.15) is 0 Å². The minimum atomic E-state index is 0.145. The number of nitrogens with zero attached hydrogens (tertiary/aromatic N) is 3. The molecule has 0 unspecified atom stereocenters. The third kappa shape index (κ3) is 5.12. The molecule has 0 fully saturated rings. The summed E-state index contributed by atoms with van der Waals surface area (Å²) in [6.07, 6.45) is 0. The van der Waals surface area contributed by atoms with Crippen molar-refractivity contribution in [1.82, 2.24) is 15.0 Å². The van der Waals surface area contributed by atoms with E-state index in [1.54, 1.807) is 0 Å². The molecule has 5 aromatic carbocycles. The molecule has 0 spiro atoms. The van der Waals surface area contributed by atoms with E-state index in [4.69, 9.17) is 15.0 Å². The lowest BCUT2D eigenvalue weighted by Crippen LogP contribution is -2.06. The molecular formula is C36H29N3. The van der Waals surface area contributed by atoms with Crippen LogP contribution in [0.2, 0.25) is 0 Å². The van der Waals surface area contributed by atoms with Crippen molar-refractivity contribution in [3.8, 4) is 56.2 Å². The fraction of sp³-hybridized carbons (Fsp3) is 0.0833. The summed E-state index contributed by atoms with van der Waals surface area (Å²) >= 11 is 0. The van der Waals surface area contributed by atoms with Gasteiger partial charge >= 0.3 is 0 Å². The minimum Gasteiger partial charge on any atom is -0.213 e. The maximum absolute atomic E-state index is 5.14. The Balaban J connectivity index is 1.59. The van der Waals surface area contributed by atoms with E-state index in [1.807, 2.05) is 24.3 Å². The molecule has 0 aliphatic heterocycles. The van der Waals surface area contributed by atoms with Gasteiger partial charge in [0.05, 0.1) is 0 Å². The highest BCUT2D eigenvalue weighted by molar-refractivity contribution is 5.86. The maximum atomic E-state index is 5.14. The zero-order valence-corrected chi connectivity index (χ0v) is 22.1. The molecule has 0 aliphatic carbocycles. The molecule has 0 saturated heterocycles. The number of rotatable bonds is 6. The Morgan fingerprint density at radius 3 is 1.41 bits per heavy atom. The van der Waals surface area contributed by atoms with Crippen LogP contribution >= 0.6 is 0 Å². The average Bonchev–Trinajstić information content (AvgIpc) is 3.02. The summed E-state index contributed by atoms with van der Waals surface area (Å²) in [6.45, 7) is 4.26. The normalized spacial score (nSPS) is 11.1. The molecule has 188 valence electrons. The lowest BCUT2D eigenvalue weighted by Gasteiger charge is -2.16. The van der Waals surface area contributed by atoms with Crippen molar-refractivity contribution >= 4 is 0 Å². The molecule has 3 nitrogen and oxygen atoms in total. The summed E-state index contributed by atoms with van der Waals surface area (Å²) in [5.74, 6) is 2.30. The Labute approximate surface area is 229 Å². The zero-order chi connectivity index (χ0) is 26.6. The molecule has 0 aliphatic rings. The molecule has 0 radical (unpaired) electrons. The second-order valence-corrected chi connectivity index (χ2v) is 9.90. The number of benzene rings is 5. The summed E-state index contributed by atoms with van der Waals surface area (Å²) in [7, 11) is 0. The Bertz CT molecular complexity index is 1710. The van der Waals surface area contributed by atoms with Crippen molar-refractivity contribution in [2.75, 3.05) is 0 Å². The Morgan fingerprint density at radius 2 is 0.846 bits per heavy atom. The average molecular weight is 504 g/mol. The fourth-order valence-corrected chi connectivity index (χ4v) is 4.85. The zero-order valence-electron chi connectivity index (χ0n) is 22.1. The SMILES string of the molecule is CC(C)c1nc(-c2ccccc2-c2ccccc2)nc(-c2cc(-c3ccccc3)ccc2-c2ccccc2)n1. The summed E-state index contributed by atoms with van der Waals surface area (Å²) < 4.78 is 0. The van der Waals surface area contributed by atoms with Crippen LogP contribution in [-0.4, -0.2) is 15.0 Å². The van der Waals surface area contributed by atoms with Crippen molar-refractivity contribution in [3.63, 3.8) is 0 Å². The van der Waals surface area contributed by atoms with Gasteiger partial charge in [0.25, 0.3) is 0 Å². The summed E-state index contributed by atoms with van der Waals surface area (Å²) in [6, 6.07) is 46.2. The molecule has 1 heterocycles. The molecule has 3 heteroatoms. The molecule has 0 amide bonds. The first-order chi connectivity index (χ1) is 19.2. The van der Waals surface area contributed by atoms with Crippen LogP contribution in [0.5, 0.6) is 0 Å². The predicted molar refractivity (Wildman–Crippen MR) is 161 cm³/mol. The van der Waals surface area contributed by atoms with E-state index in [-0.39, 0.29) is 5.92 Å². The Morgan fingerprint density at radius 1 is 0.385 bits per heavy atom. The van der Waals surface area contributed by atoms with Gasteiger partial charge in [0.2, 0.25) is 0 Å². The third-order valence-corrected chi connectivity index (χ3v) is 6.87. The summed E-state index contributed by atoms with van der Waals surface area (Å²) in [5, 5.41) is 0. The summed E-state index contributed by atoms with van der Waals surface area (Å²) in [5.41, 5.74) is 8.74.